The zero-order chi connectivity index (χ0) is 97.9. The zero-order valence-corrected chi connectivity index (χ0v) is 84.0. The Labute approximate surface area is 835 Å². The maximum atomic E-state index is 14.0. The van der Waals surface area contributed by atoms with Crippen LogP contribution in [0.15, 0.2) is 228 Å². The Morgan fingerprint density at radius 3 is 1.10 bits per heavy atom. The second-order valence-corrected chi connectivity index (χ2v) is 39.7. The van der Waals surface area contributed by atoms with Crippen molar-refractivity contribution in [2.24, 2.45) is 0 Å². The second-order valence-electron chi connectivity index (χ2n) is 37.6. The monoisotopic (exact) mass is 1940 g/mol. The number of rotatable bonds is 50. The van der Waals surface area contributed by atoms with Gasteiger partial charge in [-0.3, -0.25) is 38.7 Å². The van der Waals surface area contributed by atoms with Crippen molar-refractivity contribution in [1.82, 2.24) is 20.6 Å². The number of piperidine rings is 2. The van der Waals surface area contributed by atoms with Gasteiger partial charge in [0.15, 0.2) is 0 Å². The van der Waals surface area contributed by atoms with Gasteiger partial charge in [0.1, 0.15) is 11.2 Å². The topological polar surface area (TPSA) is 275 Å². The number of aryl methyl sites for hydroxylation is 4. The lowest BCUT2D eigenvalue weighted by atomic mass is 9.87. The molecule has 2 fully saturated rings. The smallest absolute Gasteiger partial charge is 0.308 e. The molecule has 2 saturated heterocycles. The van der Waals surface area contributed by atoms with Crippen molar-refractivity contribution in [3.8, 4) is 22.5 Å². The molecule has 0 unspecified atom stereocenters. The molecule has 0 saturated carbocycles. The number of carbonyl (C=O) groups excluding carboxylic acids is 6. The van der Waals surface area contributed by atoms with Gasteiger partial charge in [0.2, 0.25) is 0 Å². The summed E-state index contributed by atoms with van der Waals surface area (Å²) in [5.41, 5.74) is 17.0. The van der Waals surface area contributed by atoms with Crippen molar-refractivity contribution in [1.29, 1.82) is 0 Å². The summed E-state index contributed by atoms with van der Waals surface area (Å²) in [7, 11) is 0. The fourth-order valence-electron chi connectivity index (χ4n) is 17.4. The first-order chi connectivity index (χ1) is 68.1. The standard InChI is InChI=1S/2C57H70N4O8S/c2*1-57(2,3)69-54(62)25-30-66-32-34-68-36-35-67-33-31-65-29-12-15-42-13-10-19-48(38-42)70-41-43-14-9-18-45(37-43)55(63)60-52-23-22-47(61-27-7-4-8-28-61)40-50(52)53-39-46(24-26-58-53)56(64)59-51-21-11-17-44-16-5-6-20-49(44)51/h2*5-6,9-10,13-14,16,18-20,22-24,26,37-40,51H,4,7-8,11-12,15,17,21,25,27-36,41H2,1-3H3,(H,59,64)(H,60,63)/t2*51-/m00/s1. The molecule has 0 radical (unpaired) electrons. The van der Waals surface area contributed by atoms with Crippen molar-refractivity contribution in [3.63, 3.8) is 0 Å². The van der Waals surface area contributed by atoms with Gasteiger partial charge in [-0.05, 0) is 298 Å². The number of nitrogens with one attached hydrogen (secondary N) is 4. The Morgan fingerprint density at radius 2 is 0.707 bits per heavy atom. The van der Waals surface area contributed by atoms with E-state index in [4.69, 9.17) is 57.3 Å². The number of pyridine rings is 2. The van der Waals surface area contributed by atoms with E-state index in [0.717, 1.165) is 150 Å². The first-order valence-electron chi connectivity index (χ1n) is 49.9. The van der Waals surface area contributed by atoms with E-state index in [0.29, 0.717) is 162 Å². The molecule has 2 aromatic heterocycles. The number of esters is 2. The van der Waals surface area contributed by atoms with Crippen LogP contribution in [0.4, 0.5) is 22.7 Å². The lowest BCUT2D eigenvalue weighted by Gasteiger charge is -2.29. The van der Waals surface area contributed by atoms with Gasteiger partial charge in [-0.25, -0.2) is 0 Å². The average molecular weight is 1940 g/mol. The number of benzene rings is 8. The van der Waals surface area contributed by atoms with Crippen LogP contribution in [-0.4, -0.2) is 189 Å². The molecule has 140 heavy (non-hydrogen) atoms. The SMILES string of the molecule is CC(C)(C)OC(=O)CCOCCOCCOCCOCCCc1cccc(SCc2cccc(C(=O)Nc3ccc(N4CCCCC4)cc3-c3cc(C(=O)N[C@H]4CCCc5ccccc54)ccn3)c2)c1.CC(C)(C)OC(=O)CCOCCOCCOCCOCCCc1cccc(SCc2cccc(C(=O)Nc3ccc(N4CCCCC4)cc3-c3cc(C(=O)N[C@H]4CCCc5ccccc54)ccn3)c2)c1. The van der Waals surface area contributed by atoms with Gasteiger partial charge in [0.25, 0.3) is 23.6 Å². The summed E-state index contributed by atoms with van der Waals surface area (Å²) >= 11 is 3.49. The third kappa shape index (κ3) is 35.8. The summed E-state index contributed by atoms with van der Waals surface area (Å²) in [5.74, 6) is 0.202. The number of amides is 4. The maximum absolute atomic E-state index is 14.0. The molecule has 14 rings (SSSR count). The van der Waals surface area contributed by atoms with E-state index in [9.17, 15) is 28.8 Å². The molecule has 8 aromatic carbocycles. The molecule has 2 aliphatic carbocycles. The van der Waals surface area contributed by atoms with Crippen LogP contribution in [0, 0.1) is 0 Å². The summed E-state index contributed by atoms with van der Waals surface area (Å²) in [5, 5.41) is 13.0. The summed E-state index contributed by atoms with van der Waals surface area (Å²) in [6.07, 6.45) is 20.3. The molecule has 26 heteroatoms. The third-order valence-corrected chi connectivity index (χ3v) is 26.5. The van der Waals surface area contributed by atoms with E-state index in [1.54, 1.807) is 48.1 Å². The van der Waals surface area contributed by atoms with Gasteiger partial charge in [-0.1, -0.05) is 97.1 Å². The lowest BCUT2D eigenvalue weighted by Crippen LogP contribution is -2.31. The summed E-state index contributed by atoms with van der Waals surface area (Å²) in [4.78, 5) is 95.7. The van der Waals surface area contributed by atoms with Crippen molar-refractivity contribution < 1.29 is 76.1 Å². The van der Waals surface area contributed by atoms with Gasteiger partial charge in [-0.2, -0.15) is 0 Å². The van der Waals surface area contributed by atoms with E-state index in [1.807, 2.05) is 114 Å². The molecule has 2 atom stereocenters. The van der Waals surface area contributed by atoms with Crippen molar-refractivity contribution >= 4 is 81.8 Å². The van der Waals surface area contributed by atoms with Crippen LogP contribution in [0.25, 0.3) is 22.5 Å². The minimum atomic E-state index is -0.487. The first kappa shape index (κ1) is 106. The van der Waals surface area contributed by atoms with Gasteiger partial charge in [0, 0.05) is 118 Å². The molecule has 2 aliphatic heterocycles. The van der Waals surface area contributed by atoms with E-state index < -0.39 is 11.2 Å². The molecule has 0 spiro atoms. The predicted molar refractivity (Wildman–Crippen MR) is 556 cm³/mol. The number of carbonyl (C=O) groups is 6. The number of nitrogens with zero attached hydrogens (tertiary/aromatic N) is 4. The first-order valence-corrected chi connectivity index (χ1v) is 51.9. The Balaban J connectivity index is 0.000000236. The minimum absolute atomic E-state index is 0.0386. The highest BCUT2D eigenvalue weighted by atomic mass is 32.2. The van der Waals surface area contributed by atoms with Crippen molar-refractivity contribution in [3.05, 3.63) is 285 Å². The number of aromatic nitrogens is 2. The number of thioether (sulfide) groups is 2. The van der Waals surface area contributed by atoms with Gasteiger partial charge < -0.3 is 78.4 Å². The molecule has 0 bridgehead atoms. The van der Waals surface area contributed by atoms with E-state index in [-0.39, 0.29) is 60.5 Å². The normalized spacial score (nSPS) is 14.7. The van der Waals surface area contributed by atoms with Crippen LogP contribution in [0.5, 0.6) is 0 Å². The van der Waals surface area contributed by atoms with Crippen molar-refractivity contribution in [2.45, 2.75) is 202 Å². The van der Waals surface area contributed by atoms with E-state index >= 15 is 0 Å². The Morgan fingerprint density at radius 1 is 0.350 bits per heavy atom. The van der Waals surface area contributed by atoms with Crippen LogP contribution >= 0.6 is 23.5 Å². The van der Waals surface area contributed by atoms with Crippen LogP contribution in [0.2, 0.25) is 0 Å². The van der Waals surface area contributed by atoms with Crippen LogP contribution in [0.3, 0.4) is 0 Å². The number of hydrogen-bond acceptors (Lipinski definition) is 22. The number of anilines is 4. The number of ether oxygens (including phenoxy) is 10. The fraction of sp³-hybridized carbons (Fsp3) is 0.439. The maximum Gasteiger partial charge on any atom is 0.308 e. The van der Waals surface area contributed by atoms with E-state index in [2.05, 4.69) is 152 Å². The third-order valence-electron chi connectivity index (χ3n) is 24.4. The number of fused-ring (bicyclic) bond motifs is 2. The van der Waals surface area contributed by atoms with Crippen LogP contribution in [-0.2, 0) is 94.1 Å². The molecule has 4 N–H and O–H groups in total. The molecule has 4 heterocycles. The highest BCUT2D eigenvalue weighted by Crippen LogP contribution is 2.39. The molecule has 4 aliphatic rings. The van der Waals surface area contributed by atoms with Crippen LogP contribution < -0.4 is 31.1 Å². The molecule has 4 amide bonds. The average Bonchev–Trinajstić information content (AvgIpc) is 0.796. The molecular weight excluding hydrogens is 1800 g/mol. The Hall–Kier alpha value is -11.1. The summed E-state index contributed by atoms with van der Waals surface area (Å²) in [6, 6.07) is 68.9. The molecule has 10 aromatic rings. The van der Waals surface area contributed by atoms with E-state index in [1.165, 1.54) is 56.0 Å². The van der Waals surface area contributed by atoms with Crippen LogP contribution in [0.1, 0.15) is 229 Å². The van der Waals surface area contributed by atoms with Crippen molar-refractivity contribution in [2.75, 3.05) is 152 Å². The lowest BCUT2D eigenvalue weighted by molar-refractivity contribution is -0.157. The quantitative estimate of drug-likeness (QED) is 0.0157. The van der Waals surface area contributed by atoms with Gasteiger partial charge in [0.05, 0.1) is 140 Å². The number of hydrogen-bond donors (Lipinski definition) is 4. The fourth-order valence-corrected chi connectivity index (χ4v) is 19.3. The Kier molecular flexibility index (Phi) is 42.8. The highest BCUT2D eigenvalue weighted by Gasteiger charge is 2.28. The molecule has 24 nitrogen and oxygen atoms in total. The summed E-state index contributed by atoms with van der Waals surface area (Å²) < 4.78 is 55.3. The summed E-state index contributed by atoms with van der Waals surface area (Å²) in [6.45, 7) is 22.5. The van der Waals surface area contributed by atoms with Gasteiger partial charge in [-0.15, -0.1) is 23.5 Å². The largest absolute Gasteiger partial charge is 0.460 e. The van der Waals surface area contributed by atoms with Gasteiger partial charge >= 0.3 is 11.9 Å². The predicted octanol–water partition coefficient (Wildman–Crippen LogP) is 21.6. The Bertz CT molecular complexity index is 5280. The molecule has 744 valence electrons. The second kappa shape index (κ2) is 56.5. The molecular formula is C114H140N8O16S2. The zero-order valence-electron chi connectivity index (χ0n) is 82.4. The minimum Gasteiger partial charge on any atom is -0.460 e. The highest BCUT2D eigenvalue weighted by molar-refractivity contribution is 7.98.